The molecule has 2 N–H and O–H groups in total. The maximum atomic E-state index is 12.9. The molecule has 0 saturated heterocycles. The molecule has 0 saturated carbocycles. The number of hydrogen-bond acceptors (Lipinski definition) is 5. The predicted octanol–water partition coefficient (Wildman–Crippen LogP) is 5.17. The smallest absolute Gasteiger partial charge is 0.266 e. The second-order valence-electron chi connectivity index (χ2n) is 7.18. The average molecular weight is 441 g/mol. The molecule has 8 heteroatoms. The van der Waals surface area contributed by atoms with Crippen LogP contribution < -0.4 is 20.1 Å². The molecule has 30 heavy (non-hydrogen) atoms. The first-order chi connectivity index (χ1) is 14.5. The highest BCUT2D eigenvalue weighted by atomic mass is 35.5. The van der Waals surface area contributed by atoms with E-state index >= 15 is 0 Å². The molecule has 0 fully saturated rings. The van der Waals surface area contributed by atoms with Gasteiger partial charge in [-0.25, -0.2) is 0 Å². The summed E-state index contributed by atoms with van der Waals surface area (Å²) in [6.07, 6.45) is 0.308. The third-order valence-corrected chi connectivity index (χ3v) is 6.77. The maximum absolute atomic E-state index is 12.9. The van der Waals surface area contributed by atoms with E-state index in [1.807, 2.05) is 25.1 Å². The number of ether oxygens (including phenoxy) is 2. The Labute approximate surface area is 181 Å². The molecule has 3 aromatic rings. The summed E-state index contributed by atoms with van der Waals surface area (Å²) in [6.45, 7) is 2.12. The SMILES string of the molecule is Cc1c(C(=O)Nc2ccc(Cl)cc2)sc2c1[C@H](c1ccc3c(c1)OCO3)CC(=O)N2. The Kier molecular flexibility index (Phi) is 4.64. The molecule has 5 rings (SSSR count). The molecule has 2 amide bonds. The van der Waals surface area contributed by atoms with Crippen LogP contribution in [0, 0.1) is 6.92 Å². The van der Waals surface area contributed by atoms with Crippen molar-refractivity contribution in [3.8, 4) is 11.5 Å². The van der Waals surface area contributed by atoms with Crippen LogP contribution in [0.5, 0.6) is 11.5 Å². The Bertz CT molecular complexity index is 1170. The fourth-order valence-electron chi connectivity index (χ4n) is 3.86. The quantitative estimate of drug-likeness (QED) is 0.589. The highest BCUT2D eigenvalue weighted by Gasteiger charge is 2.33. The lowest BCUT2D eigenvalue weighted by Gasteiger charge is -2.24. The largest absolute Gasteiger partial charge is 0.454 e. The summed E-state index contributed by atoms with van der Waals surface area (Å²) in [5, 5.41) is 7.14. The van der Waals surface area contributed by atoms with Crippen LogP contribution in [-0.2, 0) is 4.79 Å². The lowest BCUT2D eigenvalue weighted by molar-refractivity contribution is -0.116. The normalized spacial score (nSPS) is 16.7. The lowest BCUT2D eigenvalue weighted by atomic mass is 9.84. The molecule has 6 nitrogen and oxygen atoms in total. The lowest BCUT2D eigenvalue weighted by Crippen LogP contribution is -2.22. The van der Waals surface area contributed by atoms with Crippen LogP contribution in [0.3, 0.4) is 0 Å². The summed E-state index contributed by atoms with van der Waals surface area (Å²) < 4.78 is 10.9. The Morgan fingerprint density at radius 3 is 2.73 bits per heavy atom. The van der Waals surface area contributed by atoms with Crippen LogP contribution in [0.1, 0.15) is 38.7 Å². The zero-order valence-electron chi connectivity index (χ0n) is 16.0. The van der Waals surface area contributed by atoms with Crippen molar-refractivity contribution in [3.05, 3.63) is 69.1 Å². The van der Waals surface area contributed by atoms with Crippen molar-refractivity contribution in [1.29, 1.82) is 0 Å². The Morgan fingerprint density at radius 1 is 1.17 bits per heavy atom. The average Bonchev–Trinajstić information content (AvgIpc) is 3.33. The third kappa shape index (κ3) is 3.30. The molecule has 2 aromatic carbocycles. The van der Waals surface area contributed by atoms with E-state index in [2.05, 4.69) is 10.6 Å². The van der Waals surface area contributed by atoms with Crippen LogP contribution >= 0.6 is 22.9 Å². The van der Waals surface area contributed by atoms with Gasteiger partial charge in [0.15, 0.2) is 11.5 Å². The molecular weight excluding hydrogens is 424 g/mol. The molecule has 0 bridgehead atoms. The number of fused-ring (bicyclic) bond motifs is 2. The van der Waals surface area contributed by atoms with E-state index in [1.54, 1.807) is 24.3 Å². The van der Waals surface area contributed by atoms with Gasteiger partial charge in [-0.2, -0.15) is 0 Å². The van der Waals surface area contributed by atoms with Crippen molar-refractivity contribution in [2.24, 2.45) is 0 Å². The summed E-state index contributed by atoms with van der Waals surface area (Å²) in [5.74, 6) is 0.929. The zero-order chi connectivity index (χ0) is 20.8. The minimum Gasteiger partial charge on any atom is -0.454 e. The zero-order valence-corrected chi connectivity index (χ0v) is 17.5. The number of benzene rings is 2. The standard InChI is InChI=1S/C22H17ClN2O4S/c1-11-19-15(12-2-7-16-17(8-12)29-10-28-16)9-18(26)25-22(19)30-20(11)21(27)24-14-5-3-13(23)4-6-14/h2-8,15H,9-10H2,1H3,(H,24,27)(H,25,26)/t15-/m0/s1. The molecule has 152 valence electrons. The minimum atomic E-state index is -0.215. The molecule has 2 aliphatic rings. The summed E-state index contributed by atoms with van der Waals surface area (Å²) in [6, 6.07) is 12.7. The van der Waals surface area contributed by atoms with E-state index in [-0.39, 0.29) is 24.5 Å². The number of nitrogens with one attached hydrogen (secondary N) is 2. The van der Waals surface area contributed by atoms with Crippen LogP contribution in [0.4, 0.5) is 10.7 Å². The van der Waals surface area contributed by atoms with E-state index in [1.165, 1.54) is 11.3 Å². The van der Waals surface area contributed by atoms with Crippen molar-refractivity contribution in [2.75, 3.05) is 17.4 Å². The third-order valence-electron chi connectivity index (χ3n) is 5.29. The number of hydrogen-bond donors (Lipinski definition) is 2. The van der Waals surface area contributed by atoms with Gasteiger partial charge in [-0.1, -0.05) is 17.7 Å². The van der Waals surface area contributed by atoms with Crippen LogP contribution in [0.25, 0.3) is 0 Å². The molecule has 0 radical (unpaired) electrons. The van der Waals surface area contributed by atoms with E-state index in [0.717, 1.165) is 16.7 Å². The number of thiophene rings is 1. The van der Waals surface area contributed by atoms with Gasteiger partial charge in [0.05, 0.1) is 9.88 Å². The van der Waals surface area contributed by atoms with Crippen molar-refractivity contribution >= 4 is 45.4 Å². The van der Waals surface area contributed by atoms with E-state index in [9.17, 15) is 9.59 Å². The second kappa shape index (κ2) is 7.34. The van der Waals surface area contributed by atoms with Crippen LogP contribution in [0.2, 0.25) is 5.02 Å². The summed E-state index contributed by atoms with van der Waals surface area (Å²) in [7, 11) is 0. The number of amides is 2. The number of carbonyl (C=O) groups is 2. The van der Waals surface area contributed by atoms with E-state index in [0.29, 0.717) is 38.5 Å². The van der Waals surface area contributed by atoms with Gasteiger partial charge in [0.1, 0.15) is 0 Å². The van der Waals surface area contributed by atoms with Gasteiger partial charge in [0.25, 0.3) is 5.91 Å². The molecule has 2 aliphatic heterocycles. The first kappa shape index (κ1) is 19.0. The van der Waals surface area contributed by atoms with Crippen LogP contribution in [-0.4, -0.2) is 18.6 Å². The van der Waals surface area contributed by atoms with Gasteiger partial charge < -0.3 is 20.1 Å². The van der Waals surface area contributed by atoms with Gasteiger partial charge >= 0.3 is 0 Å². The van der Waals surface area contributed by atoms with E-state index in [4.69, 9.17) is 21.1 Å². The summed E-state index contributed by atoms with van der Waals surface area (Å²) in [5.41, 5.74) is 3.45. The Hall–Kier alpha value is -3.03. The van der Waals surface area contributed by atoms with Crippen molar-refractivity contribution < 1.29 is 19.1 Å². The van der Waals surface area contributed by atoms with Gasteiger partial charge in [0.2, 0.25) is 12.7 Å². The first-order valence-electron chi connectivity index (χ1n) is 9.39. The molecule has 0 spiro atoms. The molecule has 3 heterocycles. The molecule has 1 aromatic heterocycles. The molecular formula is C22H17ClN2O4S. The fraction of sp³-hybridized carbons (Fsp3) is 0.182. The highest BCUT2D eigenvalue weighted by molar-refractivity contribution is 7.18. The topological polar surface area (TPSA) is 76.7 Å². The van der Waals surface area contributed by atoms with Gasteiger partial charge in [-0.3, -0.25) is 9.59 Å². The summed E-state index contributed by atoms with van der Waals surface area (Å²) >= 11 is 7.21. The predicted molar refractivity (Wildman–Crippen MR) is 116 cm³/mol. The molecule has 1 atom stereocenters. The molecule has 0 unspecified atom stereocenters. The van der Waals surface area contributed by atoms with Gasteiger partial charge in [-0.15, -0.1) is 11.3 Å². The number of carbonyl (C=O) groups excluding carboxylic acids is 2. The van der Waals surface area contributed by atoms with Crippen LogP contribution in [0.15, 0.2) is 42.5 Å². The Morgan fingerprint density at radius 2 is 1.93 bits per heavy atom. The minimum absolute atomic E-state index is 0.0731. The number of halogens is 1. The number of anilines is 2. The second-order valence-corrected chi connectivity index (χ2v) is 8.63. The summed E-state index contributed by atoms with van der Waals surface area (Å²) in [4.78, 5) is 25.9. The van der Waals surface area contributed by atoms with Crippen molar-refractivity contribution in [2.45, 2.75) is 19.3 Å². The van der Waals surface area contributed by atoms with Gasteiger partial charge in [-0.05, 0) is 60.0 Å². The first-order valence-corrected chi connectivity index (χ1v) is 10.6. The highest BCUT2D eigenvalue weighted by Crippen LogP contribution is 2.47. The monoisotopic (exact) mass is 440 g/mol. The van der Waals surface area contributed by atoms with Crippen molar-refractivity contribution in [3.63, 3.8) is 0 Å². The molecule has 0 aliphatic carbocycles. The van der Waals surface area contributed by atoms with Gasteiger partial charge in [0, 0.05) is 23.0 Å². The maximum Gasteiger partial charge on any atom is 0.266 e. The number of rotatable bonds is 3. The van der Waals surface area contributed by atoms with Crippen molar-refractivity contribution in [1.82, 2.24) is 0 Å². The fourth-order valence-corrected chi connectivity index (χ4v) is 5.16. The van der Waals surface area contributed by atoms with E-state index < -0.39 is 0 Å². The Balaban J connectivity index is 1.50.